The second-order valence-corrected chi connectivity index (χ2v) is 7.65. The van der Waals surface area contributed by atoms with E-state index in [1.165, 1.54) is 12.8 Å². The molecule has 0 radical (unpaired) electrons. The van der Waals surface area contributed by atoms with E-state index in [1.54, 1.807) is 0 Å². The van der Waals surface area contributed by atoms with Gasteiger partial charge in [0.05, 0.1) is 11.3 Å². The van der Waals surface area contributed by atoms with Gasteiger partial charge in [0.2, 0.25) is 5.91 Å². The van der Waals surface area contributed by atoms with Crippen molar-refractivity contribution in [2.24, 2.45) is 11.1 Å². The summed E-state index contributed by atoms with van der Waals surface area (Å²) in [5.74, 6) is 0.281. The predicted octanol–water partition coefficient (Wildman–Crippen LogP) is 1.42. The zero-order valence-corrected chi connectivity index (χ0v) is 15.3. The number of primary amides is 1. The van der Waals surface area contributed by atoms with Gasteiger partial charge in [-0.1, -0.05) is 6.92 Å². The van der Waals surface area contributed by atoms with Gasteiger partial charge in [-0.3, -0.25) is 9.59 Å². The minimum atomic E-state index is -0.485. The third kappa shape index (κ3) is 3.75. The topological polar surface area (TPSA) is 92.4 Å². The van der Waals surface area contributed by atoms with E-state index >= 15 is 0 Å². The lowest BCUT2D eigenvalue weighted by Crippen LogP contribution is -2.49. The Bertz CT molecular complexity index is 691. The molecule has 1 saturated carbocycles. The van der Waals surface area contributed by atoms with Gasteiger partial charge in [-0.2, -0.15) is 5.10 Å². The van der Waals surface area contributed by atoms with Crippen LogP contribution in [0.2, 0.25) is 0 Å². The van der Waals surface area contributed by atoms with E-state index in [2.05, 4.69) is 17.1 Å². The van der Waals surface area contributed by atoms with Crippen molar-refractivity contribution in [2.45, 2.75) is 46.5 Å². The van der Waals surface area contributed by atoms with Gasteiger partial charge in [0.15, 0.2) is 5.82 Å². The first-order valence-corrected chi connectivity index (χ1v) is 8.97. The average molecular weight is 345 g/mol. The Morgan fingerprint density at radius 2 is 1.76 bits per heavy atom. The highest BCUT2D eigenvalue weighted by molar-refractivity contribution is 5.99. The molecule has 136 valence electrons. The molecular formula is C18H27N5O2. The van der Waals surface area contributed by atoms with Crippen LogP contribution in [0.25, 0.3) is 0 Å². The number of hydrogen-bond acceptors (Lipinski definition) is 5. The minimum Gasteiger partial charge on any atom is -0.365 e. The standard InChI is InChI=1S/C18H27N5O2/c1-12-13(2)20-21-17(15(12)16(19)25)23-10-8-22(9-11-23)14(24)4-5-18(3)6-7-18/h4-11H2,1-3H3,(H2,19,25). The molecule has 1 aliphatic carbocycles. The van der Waals surface area contributed by atoms with Crippen LogP contribution in [0.4, 0.5) is 5.82 Å². The van der Waals surface area contributed by atoms with Crippen LogP contribution in [0, 0.1) is 19.3 Å². The SMILES string of the molecule is Cc1nnc(N2CCN(C(=O)CCC3(C)CC3)CC2)c(C(N)=O)c1C. The van der Waals surface area contributed by atoms with E-state index in [0.29, 0.717) is 55.1 Å². The Morgan fingerprint density at radius 3 is 2.32 bits per heavy atom. The zero-order valence-electron chi connectivity index (χ0n) is 15.3. The van der Waals surface area contributed by atoms with Crippen LogP contribution in [0.1, 0.15) is 54.2 Å². The fraction of sp³-hybridized carbons (Fsp3) is 0.667. The number of nitrogens with two attached hydrogens (primary N) is 1. The molecule has 1 aliphatic heterocycles. The highest BCUT2D eigenvalue weighted by Gasteiger charge is 2.37. The summed E-state index contributed by atoms with van der Waals surface area (Å²) in [7, 11) is 0. The lowest BCUT2D eigenvalue weighted by atomic mass is 10.0. The van der Waals surface area contributed by atoms with Crippen molar-refractivity contribution in [3.8, 4) is 0 Å². The summed E-state index contributed by atoms with van der Waals surface area (Å²) in [5, 5.41) is 8.34. The van der Waals surface area contributed by atoms with E-state index in [1.807, 2.05) is 23.6 Å². The Hall–Kier alpha value is -2.18. The zero-order chi connectivity index (χ0) is 18.2. The fourth-order valence-corrected chi connectivity index (χ4v) is 3.31. The Balaban J connectivity index is 1.63. The molecule has 1 aromatic heterocycles. The first-order chi connectivity index (χ1) is 11.8. The van der Waals surface area contributed by atoms with Crippen LogP contribution in [0.5, 0.6) is 0 Å². The van der Waals surface area contributed by atoms with Crippen molar-refractivity contribution in [1.29, 1.82) is 0 Å². The fourth-order valence-electron chi connectivity index (χ4n) is 3.31. The number of carbonyl (C=O) groups is 2. The van der Waals surface area contributed by atoms with Crippen molar-refractivity contribution >= 4 is 17.6 Å². The van der Waals surface area contributed by atoms with Crippen LogP contribution < -0.4 is 10.6 Å². The van der Waals surface area contributed by atoms with Gasteiger partial charge in [0.25, 0.3) is 5.91 Å². The number of amides is 2. The molecule has 0 unspecified atom stereocenters. The van der Waals surface area contributed by atoms with Crippen LogP contribution in [0.3, 0.4) is 0 Å². The Morgan fingerprint density at radius 1 is 1.12 bits per heavy atom. The summed E-state index contributed by atoms with van der Waals surface area (Å²) < 4.78 is 0. The van der Waals surface area contributed by atoms with Crippen LogP contribution >= 0.6 is 0 Å². The molecule has 2 fully saturated rings. The first kappa shape index (κ1) is 17.6. The normalized spacial score (nSPS) is 19.0. The summed E-state index contributed by atoms with van der Waals surface area (Å²) >= 11 is 0. The summed E-state index contributed by atoms with van der Waals surface area (Å²) in [6.07, 6.45) is 4.11. The van der Waals surface area contributed by atoms with E-state index in [4.69, 9.17) is 5.73 Å². The molecule has 0 bridgehead atoms. The van der Waals surface area contributed by atoms with Crippen molar-refractivity contribution in [3.05, 3.63) is 16.8 Å². The third-order valence-electron chi connectivity index (χ3n) is 5.66. The van der Waals surface area contributed by atoms with Gasteiger partial charge in [-0.15, -0.1) is 5.10 Å². The number of nitrogens with zero attached hydrogens (tertiary/aromatic N) is 4. The molecular weight excluding hydrogens is 318 g/mol. The maximum atomic E-state index is 12.4. The van der Waals surface area contributed by atoms with Crippen LogP contribution in [-0.2, 0) is 4.79 Å². The molecule has 7 heteroatoms. The summed E-state index contributed by atoms with van der Waals surface area (Å²) in [5.41, 5.74) is 7.88. The van der Waals surface area contributed by atoms with Crippen molar-refractivity contribution in [2.75, 3.05) is 31.1 Å². The molecule has 1 aromatic rings. The molecule has 2 amide bonds. The van der Waals surface area contributed by atoms with Gasteiger partial charge in [-0.25, -0.2) is 0 Å². The van der Waals surface area contributed by atoms with Gasteiger partial charge in [-0.05, 0) is 44.1 Å². The highest BCUT2D eigenvalue weighted by atomic mass is 16.2. The second-order valence-electron chi connectivity index (χ2n) is 7.65. The first-order valence-electron chi connectivity index (χ1n) is 8.97. The quantitative estimate of drug-likeness (QED) is 0.871. The molecule has 25 heavy (non-hydrogen) atoms. The number of carbonyl (C=O) groups excluding carboxylic acids is 2. The minimum absolute atomic E-state index is 0.231. The van der Waals surface area contributed by atoms with Gasteiger partial charge in [0, 0.05) is 32.6 Å². The lowest BCUT2D eigenvalue weighted by molar-refractivity contribution is -0.131. The molecule has 0 atom stereocenters. The summed E-state index contributed by atoms with van der Waals surface area (Å²) in [6.45, 7) is 8.47. The molecule has 2 N–H and O–H groups in total. The summed E-state index contributed by atoms with van der Waals surface area (Å²) in [6, 6.07) is 0. The Kier molecular flexibility index (Phi) is 4.67. The third-order valence-corrected chi connectivity index (χ3v) is 5.66. The van der Waals surface area contributed by atoms with Crippen LogP contribution in [-0.4, -0.2) is 53.1 Å². The lowest BCUT2D eigenvalue weighted by Gasteiger charge is -2.36. The molecule has 7 nitrogen and oxygen atoms in total. The van der Waals surface area contributed by atoms with Crippen molar-refractivity contribution < 1.29 is 9.59 Å². The Labute approximate surface area is 148 Å². The van der Waals surface area contributed by atoms with E-state index < -0.39 is 5.91 Å². The molecule has 0 spiro atoms. The second kappa shape index (κ2) is 6.61. The highest BCUT2D eigenvalue weighted by Crippen LogP contribution is 2.48. The molecule has 2 aliphatic rings. The molecule has 3 rings (SSSR count). The van der Waals surface area contributed by atoms with Gasteiger partial charge >= 0.3 is 0 Å². The van der Waals surface area contributed by atoms with E-state index in [0.717, 1.165) is 12.0 Å². The molecule has 0 aromatic carbocycles. The van der Waals surface area contributed by atoms with E-state index in [-0.39, 0.29) is 5.91 Å². The number of rotatable bonds is 5. The monoisotopic (exact) mass is 345 g/mol. The number of anilines is 1. The smallest absolute Gasteiger partial charge is 0.252 e. The summed E-state index contributed by atoms with van der Waals surface area (Å²) in [4.78, 5) is 28.2. The maximum absolute atomic E-state index is 12.4. The molecule has 2 heterocycles. The van der Waals surface area contributed by atoms with Crippen molar-refractivity contribution in [1.82, 2.24) is 15.1 Å². The van der Waals surface area contributed by atoms with E-state index in [9.17, 15) is 9.59 Å². The predicted molar refractivity (Wildman–Crippen MR) is 95.4 cm³/mol. The van der Waals surface area contributed by atoms with Gasteiger partial charge in [0.1, 0.15) is 0 Å². The number of piperazine rings is 1. The average Bonchev–Trinajstić information content (AvgIpc) is 3.33. The van der Waals surface area contributed by atoms with Crippen LogP contribution in [0.15, 0.2) is 0 Å². The van der Waals surface area contributed by atoms with Gasteiger partial charge < -0.3 is 15.5 Å². The van der Waals surface area contributed by atoms with Crippen molar-refractivity contribution in [3.63, 3.8) is 0 Å². The molecule has 1 saturated heterocycles. The largest absolute Gasteiger partial charge is 0.365 e. The number of aryl methyl sites for hydroxylation is 1. The number of hydrogen-bond donors (Lipinski definition) is 1. The number of aromatic nitrogens is 2. The maximum Gasteiger partial charge on any atom is 0.252 e.